The monoisotopic (exact) mass is 281 g/mol. The number of amides is 1. The third kappa shape index (κ3) is 3.02. The highest BCUT2D eigenvalue weighted by molar-refractivity contribution is 5.97. The number of aromatic hydroxyl groups is 1. The first-order valence-corrected chi connectivity index (χ1v) is 6.48. The fourth-order valence-corrected chi connectivity index (χ4v) is 2.22. The molecule has 0 bridgehead atoms. The van der Waals surface area contributed by atoms with Crippen molar-refractivity contribution in [3.05, 3.63) is 23.8 Å². The van der Waals surface area contributed by atoms with E-state index in [0.29, 0.717) is 31.8 Å². The van der Waals surface area contributed by atoms with E-state index in [0.717, 1.165) is 0 Å². The summed E-state index contributed by atoms with van der Waals surface area (Å²) in [6, 6.07) is 4.45. The lowest BCUT2D eigenvalue weighted by molar-refractivity contribution is 0.0125. The molecule has 1 aliphatic heterocycles. The maximum Gasteiger partial charge on any atom is 0.255 e. The van der Waals surface area contributed by atoms with Gasteiger partial charge in [0.15, 0.2) is 0 Å². The van der Waals surface area contributed by atoms with Gasteiger partial charge in [-0.1, -0.05) is 0 Å². The van der Waals surface area contributed by atoms with Crippen LogP contribution in [-0.4, -0.2) is 48.6 Å². The van der Waals surface area contributed by atoms with Gasteiger partial charge in [-0.2, -0.15) is 0 Å². The van der Waals surface area contributed by atoms with Crippen molar-refractivity contribution in [1.29, 1.82) is 0 Å². The maximum absolute atomic E-state index is 12.3. The Balaban J connectivity index is 2.18. The van der Waals surface area contributed by atoms with Crippen molar-refractivity contribution >= 4 is 5.91 Å². The molecule has 6 heteroatoms. The van der Waals surface area contributed by atoms with Gasteiger partial charge in [-0.25, -0.2) is 0 Å². The zero-order chi connectivity index (χ0) is 14.6. The van der Waals surface area contributed by atoms with Crippen LogP contribution in [0.4, 0.5) is 0 Å². The summed E-state index contributed by atoms with van der Waals surface area (Å²) < 4.78 is 10.3. The Morgan fingerprint density at radius 2 is 2.15 bits per heavy atom. The number of aliphatic hydroxyl groups excluding tert-OH is 1. The number of phenolic OH excluding ortho intramolecular Hbond substituents is 1. The van der Waals surface area contributed by atoms with Crippen LogP contribution in [0.3, 0.4) is 0 Å². The Hall–Kier alpha value is -1.79. The van der Waals surface area contributed by atoms with Gasteiger partial charge in [-0.3, -0.25) is 4.79 Å². The Morgan fingerprint density at radius 1 is 1.45 bits per heavy atom. The molecule has 0 aromatic heterocycles. The van der Waals surface area contributed by atoms with Crippen molar-refractivity contribution in [2.45, 2.75) is 18.4 Å². The number of phenols is 1. The van der Waals surface area contributed by atoms with Crippen LogP contribution < -0.4 is 10.1 Å². The average molecular weight is 281 g/mol. The highest BCUT2D eigenvalue weighted by Gasteiger charge is 2.34. The number of ether oxygens (including phenoxy) is 2. The summed E-state index contributed by atoms with van der Waals surface area (Å²) in [5, 5.41) is 22.1. The van der Waals surface area contributed by atoms with Gasteiger partial charge in [-0.05, 0) is 31.0 Å². The lowest BCUT2D eigenvalue weighted by Crippen LogP contribution is -2.54. The number of aliphatic hydroxyl groups is 1. The number of carbonyl (C=O) groups is 1. The van der Waals surface area contributed by atoms with Gasteiger partial charge in [0, 0.05) is 13.2 Å². The predicted octanol–water partition coefficient (Wildman–Crippen LogP) is 0.672. The lowest BCUT2D eigenvalue weighted by Gasteiger charge is -2.36. The molecule has 3 N–H and O–H groups in total. The number of carbonyl (C=O) groups excluding carboxylic acids is 1. The molecule has 1 saturated heterocycles. The highest BCUT2D eigenvalue weighted by atomic mass is 16.5. The molecular weight excluding hydrogens is 262 g/mol. The zero-order valence-corrected chi connectivity index (χ0v) is 11.4. The van der Waals surface area contributed by atoms with E-state index in [4.69, 9.17) is 9.47 Å². The summed E-state index contributed by atoms with van der Waals surface area (Å²) in [4.78, 5) is 12.3. The molecule has 1 fully saturated rings. The Bertz CT molecular complexity index is 482. The maximum atomic E-state index is 12.3. The van der Waals surface area contributed by atoms with E-state index in [1.54, 1.807) is 6.07 Å². The van der Waals surface area contributed by atoms with Gasteiger partial charge < -0.3 is 25.0 Å². The van der Waals surface area contributed by atoms with E-state index in [1.807, 2.05) is 0 Å². The highest BCUT2D eigenvalue weighted by Crippen LogP contribution is 2.25. The molecule has 1 aromatic carbocycles. The standard InChI is InChI=1S/C14H19NO5/c1-19-10-2-3-12(17)11(8-10)13(18)15-14(9-16)4-6-20-7-5-14/h2-3,8,16-17H,4-7,9H2,1H3,(H,15,18). The van der Waals surface area contributed by atoms with Gasteiger partial charge in [-0.15, -0.1) is 0 Å². The number of rotatable bonds is 4. The summed E-state index contributed by atoms with van der Waals surface area (Å²) in [6.45, 7) is 0.822. The molecule has 0 saturated carbocycles. The summed E-state index contributed by atoms with van der Waals surface area (Å²) >= 11 is 0. The normalized spacial score (nSPS) is 17.5. The molecular formula is C14H19NO5. The Kier molecular flexibility index (Phi) is 4.46. The van der Waals surface area contributed by atoms with Crippen LogP contribution in [-0.2, 0) is 4.74 Å². The molecule has 6 nitrogen and oxygen atoms in total. The Morgan fingerprint density at radius 3 is 2.75 bits per heavy atom. The first kappa shape index (κ1) is 14.6. The van der Waals surface area contributed by atoms with Gasteiger partial charge >= 0.3 is 0 Å². The van der Waals surface area contributed by atoms with Gasteiger partial charge in [0.2, 0.25) is 0 Å². The van der Waals surface area contributed by atoms with E-state index < -0.39 is 11.4 Å². The fourth-order valence-electron chi connectivity index (χ4n) is 2.22. The lowest BCUT2D eigenvalue weighted by atomic mass is 9.90. The van der Waals surface area contributed by atoms with Crippen LogP contribution in [0.5, 0.6) is 11.5 Å². The van der Waals surface area contributed by atoms with Crippen molar-refractivity contribution in [1.82, 2.24) is 5.32 Å². The van der Waals surface area contributed by atoms with E-state index in [2.05, 4.69) is 5.32 Å². The molecule has 110 valence electrons. The molecule has 1 aromatic rings. The molecule has 20 heavy (non-hydrogen) atoms. The molecule has 0 unspecified atom stereocenters. The fraction of sp³-hybridized carbons (Fsp3) is 0.500. The minimum atomic E-state index is -0.690. The summed E-state index contributed by atoms with van der Waals surface area (Å²) in [7, 11) is 1.49. The van der Waals surface area contributed by atoms with Crippen molar-refractivity contribution in [2.24, 2.45) is 0 Å². The number of nitrogens with one attached hydrogen (secondary N) is 1. The van der Waals surface area contributed by atoms with Crippen LogP contribution >= 0.6 is 0 Å². The minimum Gasteiger partial charge on any atom is -0.507 e. The molecule has 0 aliphatic carbocycles. The van der Waals surface area contributed by atoms with Crippen LogP contribution in [0.1, 0.15) is 23.2 Å². The third-order valence-electron chi connectivity index (χ3n) is 3.58. The number of methoxy groups -OCH3 is 1. The van der Waals surface area contributed by atoms with Crippen molar-refractivity contribution < 1.29 is 24.5 Å². The van der Waals surface area contributed by atoms with E-state index >= 15 is 0 Å². The minimum absolute atomic E-state index is 0.122. The molecule has 0 radical (unpaired) electrons. The van der Waals surface area contributed by atoms with E-state index in [1.165, 1.54) is 19.2 Å². The molecule has 1 aliphatic rings. The zero-order valence-electron chi connectivity index (χ0n) is 11.4. The predicted molar refractivity (Wildman–Crippen MR) is 72.0 cm³/mol. The average Bonchev–Trinajstić information content (AvgIpc) is 2.48. The summed E-state index contributed by atoms with van der Waals surface area (Å²) in [5.74, 6) is -0.0706. The number of benzene rings is 1. The smallest absolute Gasteiger partial charge is 0.255 e. The van der Waals surface area contributed by atoms with Gasteiger partial charge in [0.25, 0.3) is 5.91 Å². The van der Waals surface area contributed by atoms with Crippen LogP contribution in [0.15, 0.2) is 18.2 Å². The second kappa shape index (κ2) is 6.11. The molecule has 0 atom stereocenters. The van der Waals surface area contributed by atoms with Crippen LogP contribution in [0.25, 0.3) is 0 Å². The van der Waals surface area contributed by atoms with Crippen LogP contribution in [0.2, 0.25) is 0 Å². The quantitative estimate of drug-likeness (QED) is 0.755. The van der Waals surface area contributed by atoms with Crippen molar-refractivity contribution in [3.8, 4) is 11.5 Å². The van der Waals surface area contributed by atoms with Crippen LogP contribution in [0, 0.1) is 0 Å². The van der Waals surface area contributed by atoms with E-state index in [-0.39, 0.29) is 17.9 Å². The Labute approximate surface area is 117 Å². The first-order valence-electron chi connectivity index (χ1n) is 6.48. The van der Waals surface area contributed by atoms with Crippen molar-refractivity contribution in [2.75, 3.05) is 26.9 Å². The SMILES string of the molecule is COc1ccc(O)c(C(=O)NC2(CO)CCOCC2)c1. The third-order valence-corrected chi connectivity index (χ3v) is 3.58. The van der Waals surface area contributed by atoms with Crippen molar-refractivity contribution in [3.63, 3.8) is 0 Å². The number of hydrogen-bond acceptors (Lipinski definition) is 5. The second-order valence-corrected chi connectivity index (χ2v) is 4.89. The molecule has 1 amide bonds. The van der Waals surface area contributed by atoms with Gasteiger partial charge in [0.05, 0.1) is 24.8 Å². The molecule has 2 rings (SSSR count). The second-order valence-electron chi connectivity index (χ2n) is 4.89. The topological polar surface area (TPSA) is 88.0 Å². The molecule has 0 spiro atoms. The largest absolute Gasteiger partial charge is 0.507 e. The summed E-state index contributed by atoms with van der Waals surface area (Å²) in [6.07, 6.45) is 1.08. The summed E-state index contributed by atoms with van der Waals surface area (Å²) in [5.41, 5.74) is -0.561. The number of hydrogen-bond donors (Lipinski definition) is 3. The first-order chi connectivity index (χ1) is 9.60. The van der Waals surface area contributed by atoms with E-state index in [9.17, 15) is 15.0 Å². The van der Waals surface area contributed by atoms with Gasteiger partial charge in [0.1, 0.15) is 11.5 Å². The molecule has 1 heterocycles.